The molecule has 4 rings (SSSR count). The van der Waals surface area contributed by atoms with E-state index in [2.05, 4.69) is 19.0 Å². The Morgan fingerprint density at radius 3 is 2.63 bits per heavy atom. The molecule has 35 heavy (non-hydrogen) atoms. The van der Waals surface area contributed by atoms with Gasteiger partial charge in [-0.05, 0) is 43.0 Å². The number of nitrogens with two attached hydrogens (primary N) is 1. The van der Waals surface area contributed by atoms with Crippen LogP contribution in [0.15, 0.2) is 53.4 Å². The first-order valence-corrected chi connectivity index (χ1v) is 12.0. The highest BCUT2D eigenvalue weighted by Gasteiger charge is 2.32. The van der Waals surface area contributed by atoms with Crippen molar-refractivity contribution in [3.05, 3.63) is 54.4 Å². The molecule has 3 N–H and O–H groups in total. The number of nitrogens with zero attached hydrogens (tertiary/aromatic N) is 3. The summed E-state index contributed by atoms with van der Waals surface area (Å²) in [5.41, 5.74) is 8.68. The van der Waals surface area contributed by atoms with Gasteiger partial charge in [-0.3, -0.25) is 4.72 Å². The number of aromatic nitrogens is 3. The van der Waals surface area contributed by atoms with E-state index in [9.17, 15) is 13.2 Å². The van der Waals surface area contributed by atoms with E-state index < -0.39 is 6.36 Å². The van der Waals surface area contributed by atoms with E-state index in [-0.39, 0.29) is 5.75 Å². The quantitative estimate of drug-likeness (QED) is 0.210. The molecule has 186 valence electrons. The monoisotopic (exact) mass is 505 g/mol. The van der Waals surface area contributed by atoms with Gasteiger partial charge in [-0.1, -0.05) is 30.3 Å². The van der Waals surface area contributed by atoms with Crippen LogP contribution < -0.4 is 15.2 Å². The zero-order valence-corrected chi connectivity index (χ0v) is 20.0. The molecule has 2 aromatic heterocycles. The van der Waals surface area contributed by atoms with Gasteiger partial charge in [0.25, 0.3) is 0 Å². The Morgan fingerprint density at radius 2 is 1.83 bits per heavy atom. The van der Waals surface area contributed by atoms with E-state index in [0.29, 0.717) is 42.3 Å². The molecule has 0 bridgehead atoms. The first kappa shape index (κ1) is 25.1. The molecule has 4 aromatic rings. The van der Waals surface area contributed by atoms with Crippen LogP contribution in [0, 0.1) is 0 Å². The summed E-state index contributed by atoms with van der Waals surface area (Å²) in [5.74, 6) is 1.06. The fraction of sp³-hybridized carbons (Fsp3) is 0.333. The largest absolute Gasteiger partial charge is 0.573 e. The smallest absolute Gasteiger partial charge is 0.405 e. The maximum absolute atomic E-state index is 12.6. The third-order valence-corrected chi connectivity index (χ3v) is 6.29. The van der Waals surface area contributed by atoms with Crippen molar-refractivity contribution < 1.29 is 22.6 Å². The highest BCUT2D eigenvalue weighted by molar-refractivity contribution is 7.97. The van der Waals surface area contributed by atoms with Gasteiger partial charge in [0.2, 0.25) is 0 Å². The number of nitrogens with one attached hydrogen (secondary N) is 1. The minimum Gasteiger partial charge on any atom is -0.405 e. The van der Waals surface area contributed by atoms with Gasteiger partial charge in [0, 0.05) is 32.0 Å². The number of benzene rings is 2. The van der Waals surface area contributed by atoms with Gasteiger partial charge >= 0.3 is 6.36 Å². The fourth-order valence-corrected chi connectivity index (χ4v) is 4.63. The van der Waals surface area contributed by atoms with E-state index >= 15 is 0 Å². The fourth-order valence-electron chi connectivity index (χ4n) is 3.87. The van der Waals surface area contributed by atoms with Crippen molar-refractivity contribution in [3.8, 4) is 5.75 Å². The predicted octanol–water partition coefficient (Wildman–Crippen LogP) is 5.33. The number of anilines is 1. The standard InChI is InChI=1S/C24H26F3N5O2S/c1-33-15-12-20-31-21-22(16-8-2-3-9-17(16)30-23(21)28)32(20)14-7-6-13-29-35-19-11-5-4-10-18(19)34-24(25,26)27/h2-5,8-11,29H,6-7,12-15H2,1H3,(H2,28,30). The third kappa shape index (κ3) is 6.16. The maximum atomic E-state index is 12.6. The van der Waals surface area contributed by atoms with Crippen LogP contribution >= 0.6 is 11.9 Å². The number of alkyl halides is 3. The van der Waals surface area contributed by atoms with Gasteiger partial charge < -0.3 is 19.8 Å². The predicted molar refractivity (Wildman–Crippen MR) is 131 cm³/mol. The Labute approximate surface area is 205 Å². The molecule has 2 heterocycles. The number of imidazole rings is 1. The number of hydrogen-bond acceptors (Lipinski definition) is 7. The van der Waals surface area contributed by atoms with Crippen molar-refractivity contribution in [1.29, 1.82) is 0 Å². The van der Waals surface area contributed by atoms with Crippen LogP contribution in [-0.2, 0) is 17.7 Å². The maximum Gasteiger partial charge on any atom is 0.573 e. The summed E-state index contributed by atoms with van der Waals surface area (Å²) in [6, 6.07) is 13.9. The number of hydrogen-bond donors (Lipinski definition) is 2. The molecule has 0 saturated heterocycles. The molecule has 0 saturated carbocycles. The minimum absolute atomic E-state index is 0.219. The summed E-state index contributed by atoms with van der Waals surface area (Å²) in [7, 11) is 1.65. The van der Waals surface area contributed by atoms with Gasteiger partial charge in [-0.25, -0.2) is 9.97 Å². The van der Waals surface area contributed by atoms with Gasteiger partial charge in [0.15, 0.2) is 5.82 Å². The third-order valence-electron chi connectivity index (χ3n) is 5.39. The van der Waals surface area contributed by atoms with E-state index in [1.54, 1.807) is 19.2 Å². The molecule has 0 radical (unpaired) electrons. The molecule has 0 aliphatic heterocycles. The lowest BCUT2D eigenvalue weighted by atomic mass is 10.2. The van der Waals surface area contributed by atoms with Crippen LogP contribution in [0.25, 0.3) is 21.9 Å². The van der Waals surface area contributed by atoms with Crippen molar-refractivity contribution in [1.82, 2.24) is 19.3 Å². The lowest BCUT2D eigenvalue weighted by molar-refractivity contribution is -0.275. The van der Waals surface area contributed by atoms with Crippen LogP contribution in [0.4, 0.5) is 19.0 Å². The summed E-state index contributed by atoms with van der Waals surface area (Å²) >= 11 is 1.12. The lowest BCUT2D eigenvalue weighted by Crippen LogP contribution is -2.18. The number of nitrogen functional groups attached to an aromatic ring is 1. The summed E-state index contributed by atoms with van der Waals surface area (Å²) in [4.78, 5) is 9.63. The highest BCUT2D eigenvalue weighted by atomic mass is 32.2. The van der Waals surface area contributed by atoms with E-state index in [0.717, 1.165) is 47.0 Å². The second-order valence-corrected chi connectivity index (χ2v) is 8.76. The number of rotatable bonds is 11. The highest BCUT2D eigenvalue weighted by Crippen LogP contribution is 2.32. The van der Waals surface area contributed by atoms with Crippen LogP contribution in [0.3, 0.4) is 0 Å². The molecule has 0 aliphatic carbocycles. The molecule has 0 aliphatic rings. The summed E-state index contributed by atoms with van der Waals surface area (Å²) < 4.78 is 52.5. The summed E-state index contributed by atoms with van der Waals surface area (Å²) in [6.07, 6.45) is -2.45. The van der Waals surface area contributed by atoms with Gasteiger partial charge in [0.05, 0.1) is 22.5 Å². The summed E-state index contributed by atoms with van der Waals surface area (Å²) in [5, 5.41) is 0.989. The van der Waals surface area contributed by atoms with E-state index in [1.165, 1.54) is 12.1 Å². The number of unbranched alkanes of at least 4 members (excludes halogenated alkanes) is 1. The molecular weight excluding hydrogens is 479 g/mol. The number of ether oxygens (including phenoxy) is 2. The average molecular weight is 506 g/mol. The SMILES string of the molecule is COCCc1nc2c(N)nc3ccccc3c2n1CCCCNSc1ccccc1OC(F)(F)F. The first-order valence-electron chi connectivity index (χ1n) is 11.1. The zero-order chi connectivity index (χ0) is 24.8. The van der Waals surface area contributed by atoms with Crippen molar-refractivity contribution in [2.75, 3.05) is 26.0 Å². The molecule has 11 heteroatoms. The van der Waals surface area contributed by atoms with Crippen LogP contribution in [0.5, 0.6) is 5.75 Å². The second kappa shape index (κ2) is 11.1. The van der Waals surface area contributed by atoms with Crippen LogP contribution in [-0.4, -0.2) is 41.2 Å². The lowest BCUT2D eigenvalue weighted by Gasteiger charge is -2.13. The molecule has 7 nitrogen and oxygen atoms in total. The van der Waals surface area contributed by atoms with Crippen LogP contribution in [0.1, 0.15) is 18.7 Å². The van der Waals surface area contributed by atoms with E-state index in [4.69, 9.17) is 15.5 Å². The molecule has 0 fully saturated rings. The minimum atomic E-state index is -4.73. The molecule has 0 amide bonds. The van der Waals surface area contributed by atoms with Gasteiger partial charge in [-0.2, -0.15) is 0 Å². The zero-order valence-electron chi connectivity index (χ0n) is 19.1. The number of para-hydroxylation sites is 2. The first-order chi connectivity index (χ1) is 16.9. The molecule has 2 aromatic carbocycles. The summed E-state index contributed by atoms with van der Waals surface area (Å²) in [6.45, 7) is 1.85. The molecule has 0 unspecified atom stereocenters. The van der Waals surface area contributed by atoms with Crippen LogP contribution in [0.2, 0.25) is 0 Å². The normalized spacial score (nSPS) is 12.0. The second-order valence-electron chi connectivity index (χ2n) is 7.83. The number of methoxy groups -OCH3 is 1. The van der Waals surface area contributed by atoms with Crippen molar-refractivity contribution in [2.24, 2.45) is 0 Å². The average Bonchev–Trinajstić information content (AvgIpc) is 3.19. The Balaban J connectivity index is 1.42. The van der Waals surface area contributed by atoms with Crippen molar-refractivity contribution >= 4 is 39.7 Å². The number of aryl methyl sites for hydroxylation is 1. The number of pyridine rings is 1. The molecule has 0 spiro atoms. The van der Waals surface area contributed by atoms with Crippen molar-refractivity contribution in [3.63, 3.8) is 0 Å². The van der Waals surface area contributed by atoms with Crippen molar-refractivity contribution in [2.45, 2.75) is 37.1 Å². The molecule has 0 atom stereocenters. The number of halogens is 3. The Hall–Kier alpha value is -3.02. The van der Waals surface area contributed by atoms with E-state index in [1.807, 2.05) is 24.3 Å². The van der Waals surface area contributed by atoms with Gasteiger partial charge in [-0.15, -0.1) is 13.2 Å². The molecular formula is C24H26F3N5O2S. The Bertz CT molecular complexity index is 1300. The van der Waals surface area contributed by atoms with Gasteiger partial charge in [0.1, 0.15) is 17.1 Å². The Kier molecular flexibility index (Phi) is 7.99. The number of fused-ring (bicyclic) bond motifs is 3. The Morgan fingerprint density at radius 1 is 1.06 bits per heavy atom. The topological polar surface area (TPSA) is 87.2 Å².